The largest absolute Gasteiger partial charge is 0.481 e. The minimum Gasteiger partial charge on any atom is -0.481 e. The van der Waals surface area contributed by atoms with Crippen molar-refractivity contribution in [3.8, 4) is 0 Å². The zero-order valence-corrected chi connectivity index (χ0v) is 11.9. The molecule has 0 bridgehead atoms. The van der Waals surface area contributed by atoms with Crippen LogP contribution in [0.25, 0.3) is 0 Å². The zero-order chi connectivity index (χ0) is 15.4. The number of carbonyl (C=O) groups is 2. The fourth-order valence-corrected chi connectivity index (χ4v) is 2.59. The Hall–Kier alpha value is -2.11. The molecule has 0 aromatic heterocycles. The van der Waals surface area contributed by atoms with Crippen molar-refractivity contribution in [2.75, 3.05) is 11.9 Å². The molecular weight excluding hydrogens is 275 g/mol. The number of nitrogens with zero attached hydrogens (tertiary/aromatic N) is 1. The van der Waals surface area contributed by atoms with E-state index in [1.807, 2.05) is 0 Å². The summed E-state index contributed by atoms with van der Waals surface area (Å²) in [4.78, 5) is 24.2. The predicted octanol–water partition coefficient (Wildman–Crippen LogP) is 2.61. The molecule has 2 N–H and O–H groups in total. The van der Waals surface area contributed by atoms with E-state index in [1.54, 1.807) is 12.1 Å². The molecule has 1 fully saturated rings. The van der Waals surface area contributed by atoms with E-state index >= 15 is 0 Å². The Morgan fingerprint density at radius 3 is 2.43 bits per heavy atom. The van der Waals surface area contributed by atoms with Crippen molar-refractivity contribution in [2.24, 2.45) is 5.92 Å². The quantitative estimate of drug-likeness (QED) is 0.900. The van der Waals surface area contributed by atoms with Crippen LogP contribution in [-0.2, 0) is 4.79 Å². The van der Waals surface area contributed by atoms with Crippen molar-refractivity contribution in [3.63, 3.8) is 0 Å². The van der Waals surface area contributed by atoms with E-state index in [0.717, 1.165) is 0 Å². The lowest BCUT2D eigenvalue weighted by Crippen LogP contribution is -2.45. The van der Waals surface area contributed by atoms with Gasteiger partial charge >= 0.3 is 12.0 Å². The lowest BCUT2D eigenvalue weighted by Gasteiger charge is -2.29. The molecule has 0 spiro atoms. The molecule has 2 amide bonds. The molecule has 0 radical (unpaired) electrons. The molecule has 1 aromatic carbocycles. The normalized spacial score (nSPS) is 21.6. The minimum absolute atomic E-state index is 0.0534. The second-order valence-electron chi connectivity index (χ2n) is 5.35. The summed E-state index contributed by atoms with van der Waals surface area (Å²) in [6.07, 6.45) is 2.38. The van der Waals surface area contributed by atoms with Gasteiger partial charge in [0.2, 0.25) is 0 Å². The molecule has 0 atom stereocenters. The molecule has 0 aliphatic heterocycles. The number of benzene rings is 1. The van der Waals surface area contributed by atoms with E-state index < -0.39 is 11.8 Å². The number of anilines is 1. The average Bonchev–Trinajstić information content (AvgIpc) is 2.47. The molecule has 0 unspecified atom stereocenters. The number of amides is 2. The lowest BCUT2D eigenvalue weighted by atomic mass is 9.86. The van der Waals surface area contributed by atoms with Crippen molar-refractivity contribution in [1.82, 2.24) is 5.32 Å². The first kappa shape index (κ1) is 15.3. The van der Waals surface area contributed by atoms with Gasteiger partial charge in [0, 0.05) is 13.1 Å². The average molecular weight is 294 g/mol. The first-order valence-corrected chi connectivity index (χ1v) is 7.00. The molecule has 0 saturated heterocycles. The molecule has 21 heavy (non-hydrogen) atoms. The van der Waals surface area contributed by atoms with Crippen LogP contribution in [0.4, 0.5) is 14.9 Å². The molecule has 114 valence electrons. The first-order chi connectivity index (χ1) is 9.99. The number of halogens is 1. The van der Waals surface area contributed by atoms with Crippen molar-refractivity contribution in [3.05, 3.63) is 30.1 Å². The number of hydrogen-bond acceptors (Lipinski definition) is 2. The van der Waals surface area contributed by atoms with Crippen LogP contribution in [-0.4, -0.2) is 30.2 Å². The summed E-state index contributed by atoms with van der Waals surface area (Å²) in [5.74, 6) is -1.55. The highest BCUT2D eigenvalue weighted by Crippen LogP contribution is 2.25. The highest BCUT2D eigenvalue weighted by Gasteiger charge is 2.27. The highest BCUT2D eigenvalue weighted by molar-refractivity contribution is 5.91. The van der Waals surface area contributed by atoms with E-state index in [0.29, 0.717) is 25.7 Å². The summed E-state index contributed by atoms with van der Waals surface area (Å²) < 4.78 is 13.6. The van der Waals surface area contributed by atoms with Crippen LogP contribution < -0.4 is 10.2 Å². The van der Waals surface area contributed by atoms with Gasteiger partial charge in [0.25, 0.3) is 0 Å². The topological polar surface area (TPSA) is 69.6 Å². The second-order valence-corrected chi connectivity index (χ2v) is 5.35. The molecule has 1 aromatic rings. The van der Waals surface area contributed by atoms with Crippen LogP contribution in [0, 0.1) is 11.7 Å². The summed E-state index contributed by atoms with van der Waals surface area (Å²) in [5.41, 5.74) is 0.217. The third-order valence-electron chi connectivity index (χ3n) is 3.92. The number of para-hydroxylation sites is 1. The first-order valence-electron chi connectivity index (χ1n) is 7.00. The summed E-state index contributed by atoms with van der Waals surface area (Å²) in [7, 11) is 1.51. The molecule has 1 aliphatic rings. The third kappa shape index (κ3) is 3.71. The van der Waals surface area contributed by atoms with Gasteiger partial charge in [-0.15, -0.1) is 0 Å². The zero-order valence-electron chi connectivity index (χ0n) is 11.9. The van der Waals surface area contributed by atoms with Gasteiger partial charge in [0.1, 0.15) is 5.82 Å². The van der Waals surface area contributed by atoms with Gasteiger partial charge in [-0.3, -0.25) is 9.69 Å². The Morgan fingerprint density at radius 1 is 1.24 bits per heavy atom. The van der Waals surface area contributed by atoms with Gasteiger partial charge < -0.3 is 10.4 Å². The Balaban J connectivity index is 1.91. The molecule has 1 saturated carbocycles. The fourth-order valence-electron chi connectivity index (χ4n) is 2.59. The van der Waals surface area contributed by atoms with Crippen molar-refractivity contribution in [2.45, 2.75) is 31.7 Å². The number of urea groups is 1. The standard InChI is InChI=1S/C15H19FN2O3/c1-18(13-5-3-2-4-12(13)16)15(21)17-11-8-6-10(7-9-11)14(19)20/h2-5,10-11H,6-9H2,1H3,(H,17,21)(H,19,20). The molecule has 5 nitrogen and oxygen atoms in total. The van der Waals surface area contributed by atoms with Gasteiger partial charge in [-0.1, -0.05) is 12.1 Å². The number of rotatable bonds is 3. The fraction of sp³-hybridized carbons (Fsp3) is 0.467. The van der Waals surface area contributed by atoms with E-state index in [1.165, 1.54) is 24.1 Å². The molecule has 6 heteroatoms. The SMILES string of the molecule is CN(C(=O)NC1CCC(C(=O)O)CC1)c1ccccc1F. The maximum atomic E-state index is 13.6. The predicted molar refractivity (Wildman–Crippen MR) is 76.7 cm³/mol. The molecule has 2 rings (SSSR count). The Labute approximate surface area is 122 Å². The highest BCUT2D eigenvalue weighted by atomic mass is 19.1. The van der Waals surface area contributed by atoms with Gasteiger partial charge in [0.15, 0.2) is 0 Å². The molecular formula is C15H19FN2O3. The van der Waals surface area contributed by atoms with Gasteiger partial charge in [-0.2, -0.15) is 0 Å². The van der Waals surface area contributed by atoms with E-state index in [2.05, 4.69) is 5.32 Å². The maximum absolute atomic E-state index is 13.6. The summed E-state index contributed by atoms with van der Waals surface area (Å²) in [6.45, 7) is 0. The summed E-state index contributed by atoms with van der Waals surface area (Å²) in [5, 5.41) is 11.8. The van der Waals surface area contributed by atoms with Crippen molar-refractivity contribution >= 4 is 17.7 Å². The van der Waals surface area contributed by atoms with Crippen LogP contribution in [0.1, 0.15) is 25.7 Å². The van der Waals surface area contributed by atoms with Crippen molar-refractivity contribution in [1.29, 1.82) is 0 Å². The van der Waals surface area contributed by atoms with E-state index in [4.69, 9.17) is 5.11 Å². The summed E-state index contributed by atoms with van der Waals surface area (Å²) in [6, 6.07) is 5.65. The maximum Gasteiger partial charge on any atom is 0.321 e. The minimum atomic E-state index is -0.775. The Kier molecular flexibility index (Phi) is 4.77. The molecule has 1 aliphatic carbocycles. The van der Waals surface area contributed by atoms with E-state index in [9.17, 15) is 14.0 Å². The monoisotopic (exact) mass is 294 g/mol. The smallest absolute Gasteiger partial charge is 0.321 e. The number of aliphatic carboxylic acids is 1. The third-order valence-corrected chi connectivity index (χ3v) is 3.92. The van der Waals surface area contributed by atoms with Gasteiger partial charge in [-0.05, 0) is 37.8 Å². The van der Waals surface area contributed by atoms with Gasteiger partial charge in [0.05, 0.1) is 11.6 Å². The number of hydrogen-bond donors (Lipinski definition) is 2. The number of carbonyl (C=O) groups excluding carboxylic acids is 1. The van der Waals surface area contributed by atoms with Crippen LogP contribution in [0.5, 0.6) is 0 Å². The van der Waals surface area contributed by atoms with Crippen molar-refractivity contribution < 1.29 is 19.1 Å². The van der Waals surface area contributed by atoms with Gasteiger partial charge in [-0.25, -0.2) is 9.18 Å². The van der Waals surface area contributed by atoms with Crippen LogP contribution >= 0.6 is 0 Å². The number of carboxylic acids is 1. The van der Waals surface area contributed by atoms with E-state index in [-0.39, 0.29) is 23.7 Å². The lowest BCUT2D eigenvalue weighted by molar-refractivity contribution is -0.142. The van der Waals surface area contributed by atoms with Crippen LogP contribution in [0.2, 0.25) is 0 Å². The Bertz CT molecular complexity index is 527. The second kappa shape index (κ2) is 6.56. The number of carboxylic acid groups (broad SMARTS) is 1. The Morgan fingerprint density at radius 2 is 1.86 bits per heavy atom. The number of nitrogens with one attached hydrogen (secondary N) is 1. The van der Waals surface area contributed by atoms with Crippen LogP contribution in [0.15, 0.2) is 24.3 Å². The molecule has 0 heterocycles. The van der Waals surface area contributed by atoms with Crippen LogP contribution in [0.3, 0.4) is 0 Å². The summed E-state index contributed by atoms with van der Waals surface area (Å²) >= 11 is 0.